The summed E-state index contributed by atoms with van der Waals surface area (Å²) in [6, 6.07) is 10.3. The smallest absolute Gasteiger partial charge is 0.324 e. The van der Waals surface area contributed by atoms with Crippen molar-refractivity contribution in [2.24, 2.45) is 5.73 Å². The van der Waals surface area contributed by atoms with Gasteiger partial charge in [0.15, 0.2) is 0 Å². The first-order chi connectivity index (χ1) is 13.1. The van der Waals surface area contributed by atoms with E-state index >= 15 is 0 Å². The van der Waals surface area contributed by atoms with Crippen molar-refractivity contribution >= 4 is 27.0 Å². The molecule has 28 heavy (non-hydrogen) atoms. The molecule has 0 aromatic heterocycles. The van der Waals surface area contributed by atoms with Crippen LogP contribution in [0.4, 0.5) is 0 Å². The average Bonchev–Trinajstić information content (AvgIpc) is 2.61. The lowest BCUT2D eigenvalue weighted by Gasteiger charge is -2.25. The molecule has 0 radical (unpaired) electrons. The maximum absolute atomic E-state index is 11.5. The zero-order valence-electron chi connectivity index (χ0n) is 16.1. The Kier molecular flexibility index (Phi) is 12.2. The van der Waals surface area contributed by atoms with Gasteiger partial charge in [0.1, 0.15) is 5.78 Å². The third-order valence-corrected chi connectivity index (χ3v) is 8.53. The Labute approximate surface area is 171 Å². The molecule has 0 aliphatic rings. The first kappa shape index (κ1) is 25.9. The third kappa shape index (κ3) is 11.1. The number of unbranched alkanes of at least 4 members (excludes halogenated alkanes) is 7. The molecule has 0 aliphatic heterocycles. The van der Waals surface area contributed by atoms with Crippen LogP contribution in [0.3, 0.4) is 0 Å². The molecule has 0 saturated heterocycles. The van der Waals surface area contributed by atoms with Crippen LogP contribution in [-0.4, -0.2) is 36.8 Å². The van der Waals surface area contributed by atoms with Gasteiger partial charge in [0.25, 0.3) is 0 Å². The first-order valence-electron chi connectivity index (χ1n) is 9.66. The van der Waals surface area contributed by atoms with Gasteiger partial charge in [0, 0.05) is 4.90 Å². The Bertz CT molecular complexity index is 636. The van der Waals surface area contributed by atoms with Crippen molar-refractivity contribution in [3.63, 3.8) is 0 Å². The highest BCUT2D eigenvalue weighted by Crippen LogP contribution is 2.53. The monoisotopic (exact) mass is 453 g/mol. The standard InChI is InChI=1S/C18H33NO6P2S/c19-18(27(23,24)25)17(26(20,21)22)14-10-5-3-1-2-4-6-11-15-28-16-12-8-7-9-13-16/h7-9,12-13,17-18H,1-6,10-11,14-15,19H2,(H2,20,21,22)(H2,23,24,25). The number of rotatable bonds is 15. The summed E-state index contributed by atoms with van der Waals surface area (Å²) in [6.07, 6.45) is 7.96. The van der Waals surface area contributed by atoms with E-state index < -0.39 is 26.6 Å². The Balaban J connectivity index is 2.07. The zero-order chi connectivity index (χ0) is 21.0. The van der Waals surface area contributed by atoms with Crippen LogP contribution in [0.1, 0.15) is 57.8 Å². The molecule has 10 heteroatoms. The van der Waals surface area contributed by atoms with Crippen LogP contribution in [0.5, 0.6) is 0 Å². The molecule has 0 bridgehead atoms. The van der Waals surface area contributed by atoms with Crippen LogP contribution in [0.2, 0.25) is 0 Å². The van der Waals surface area contributed by atoms with E-state index in [9.17, 15) is 18.9 Å². The SMILES string of the molecule is NC(C(CCCCCCCCCCSc1ccccc1)P(=O)(O)O)P(=O)(O)O. The molecule has 7 nitrogen and oxygen atoms in total. The second-order valence-electron chi connectivity index (χ2n) is 7.01. The molecular formula is C18H33NO6P2S. The topological polar surface area (TPSA) is 141 Å². The predicted molar refractivity (Wildman–Crippen MR) is 115 cm³/mol. The van der Waals surface area contributed by atoms with Gasteiger partial charge in [-0.15, -0.1) is 11.8 Å². The van der Waals surface area contributed by atoms with Crippen LogP contribution < -0.4 is 5.73 Å². The minimum absolute atomic E-state index is 0.0211. The average molecular weight is 453 g/mol. The second-order valence-corrected chi connectivity index (χ2v) is 11.8. The molecule has 6 N–H and O–H groups in total. The maximum atomic E-state index is 11.5. The fourth-order valence-corrected chi connectivity index (χ4v) is 6.48. The predicted octanol–water partition coefficient (Wildman–Crippen LogP) is 4.30. The summed E-state index contributed by atoms with van der Waals surface area (Å²) in [6.45, 7) is 0. The molecule has 162 valence electrons. The van der Waals surface area contributed by atoms with Crippen molar-refractivity contribution in [1.29, 1.82) is 0 Å². The van der Waals surface area contributed by atoms with Gasteiger partial charge in [0.05, 0.1) is 5.66 Å². The highest BCUT2D eigenvalue weighted by atomic mass is 32.2. The number of hydrogen-bond acceptors (Lipinski definition) is 4. The summed E-state index contributed by atoms with van der Waals surface area (Å²) in [5.74, 6) is -0.699. The molecule has 0 saturated carbocycles. The van der Waals surface area contributed by atoms with Crippen molar-refractivity contribution < 1.29 is 28.7 Å². The van der Waals surface area contributed by atoms with Gasteiger partial charge in [-0.2, -0.15) is 0 Å². The third-order valence-electron chi connectivity index (χ3n) is 4.62. The number of thioether (sulfide) groups is 1. The van der Waals surface area contributed by atoms with Crippen molar-refractivity contribution in [1.82, 2.24) is 0 Å². The van der Waals surface area contributed by atoms with E-state index in [4.69, 9.17) is 15.5 Å². The molecule has 0 heterocycles. The summed E-state index contributed by atoms with van der Waals surface area (Å²) < 4.78 is 22.7. The molecule has 2 atom stereocenters. The van der Waals surface area contributed by atoms with Crippen LogP contribution in [-0.2, 0) is 9.13 Å². The van der Waals surface area contributed by atoms with Gasteiger partial charge < -0.3 is 25.3 Å². The lowest BCUT2D eigenvalue weighted by Crippen LogP contribution is -2.34. The summed E-state index contributed by atoms with van der Waals surface area (Å²) in [4.78, 5) is 38.1. The molecule has 0 spiro atoms. The zero-order valence-corrected chi connectivity index (χ0v) is 18.7. The highest BCUT2D eigenvalue weighted by molar-refractivity contribution is 7.99. The van der Waals surface area contributed by atoms with E-state index in [1.54, 1.807) is 0 Å². The van der Waals surface area contributed by atoms with E-state index in [0.717, 1.165) is 31.4 Å². The largest absolute Gasteiger partial charge is 0.343 e. The second kappa shape index (κ2) is 13.2. The molecule has 2 unspecified atom stereocenters. The van der Waals surface area contributed by atoms with Gasteiger partial charge in [-0.25, -0.2) is 0 Å². The highest BCUT2D eigenvalue weighted by Gasteiger charge is 2.42. The molecular weight excluding hydrogens is 420 g/mol. The fraction of sp³-hybridized carbons (Fsp3) is 0.667. The fourth-order valence-electron chi connectivity index (χ4n) is 2.98. The van der Waals surface area contributed by atoms with Crippen LogP contribution in [0.15, 0.2) is 35.2 Å². The maximum Gasteiger partial charge on any atom is 0.343 e. The molecule has 0 fully saturated rings. The lowest BCUT2D eigenvalue weighted by molar-refractivity contribution is 0.324. The van der Waals surface area contributed by atoms with E-state index in [1.165, 1.54) is 24.2 Å². The van der Waals surface area contributed by atoms with Gasteiger partial charge in [-0.1, -0.05) is 63.1 Å². The Morgan fingerprint density at radius 3 is 1.79 bits per heavy atom. The lowest BCUT2D eigenvalue weighted by atomic mass is 10.1. The number of benzene rings is 1. The molecule has 0 aliphatic carbocycles. The van der Waals surface area contributed by atoms with Crippen LogP contribution in [0, 0.1) is 0 Å². The summed E-state index contributed by atoms with van der Waals surface area (Å²) in [7, 11) is -9.37. The Morgan fingerprint density at radius 2 is 1.29 bits per heavy atom. The Hall–Kier alpha value is -0.170. The Morgan fingerprint density at radius 1 is 0.786 bits per heavy atom. The summed E-state index contributed by atoms with van der Waals surface area (Å²) in [5.41, 5.74) is 3.89. The quantitative estimate of drug-likeness (QED) is 0.150. The number of hydrogen-bond donors (Lipinski definition) is 5. The molecule has 1 aromatic carbocycles. The van der Waals surface area contributed by atoms with E-state index in [2.05, 4.69) is 12.1 Å². The van der Waals surface area contributed by atoms with E-state index in [0.29, 0.717) is 6.42 Å². The molecule has 0 amide bonds. The number of nitrogens with two attached hydrogens (primary N) is 1. The molecule has 1 rings (SSSR count). The first-order valence-corrected chi connectivity index (χ1v) is 14.0. The van der Waals surface area contributed by atoms with Crippen LogP contribution in [0.25, 0.3) is 0 Å². The normalized spacial score (nSPS) is 14.8. The van der Waals surface area contributed by atoms with Crippen molar-refractivity contribution in [2.45, 2.75) is 74.1 Å². The van der Waals surface area contributed by atoms with Gasteiger partial charge >= 0.3 is 15.2 Å². The molecule has 1 aromatic rings. The van der Waals surface area contributed by atoms with E-state index in [-0.39, 0.29) is 6.42 Å². The van der Waals surface area contributed by atoms with E-state index in [1.807, 2.05) is 30.0 Å². The minimum atomic E-state index is -4.73. The van der Waals surface area contributed by atoms with Crippen molar-refractivity contribution in [2.75, 3.05) is 5.75 Å². The minimum Gasteiger partial charge on any atom is -0.324 e. The van der Waals surface area contributed by atoms with Gasteiger partial charge in [0.2, 0.25) is 0 Å². The van der Waals surface area contributed by atoms with Crippen LogP contribution >= 0.6 is 27.0 Å². The van der Waals surface area contributed by atoms with Crippen molar-refractivity contribution in [3.05, 3.63) is 30.3 Å². The summed E-state index contributed by atoms with van der Waals surface area (Å²) in [5, 5.41) is 0. The van der Waals surface area contributed by atoms with Gasteiger partial charge in [-0.3, -0.25) is 9.13 Å². The van der Waals surface area contributed by atoms with Crippen molar-refractivity contribution in [3.8, 4) is 0 Å². The van der Waals surface area contributed by atoms with Gasteiger partial charge in [-0.05, 0) is 30.7 Å². The summed E-state index contributed by atoms with van der Waals surface area (Å²) >= 11 is 1.87.